The van der Waals surface area contributed by atoms with Gasteiger partial charge in [-0.3, -0.25) is 0 Å². The fourth-order valence-electron chi connectivity index (χ4n) is 0.955. The summed E-state index contributed by atoms with van der Waals surface area (Å²) < 4.78 is 61.2. The predicted molar refractivity (Wildman–Crippen MR) is 46.9 cm³/mol. The SMILES string of the molecule is OC(CNc1cc(F)ccc1F)C(F)(F)F. The minimum absolute atomic E-state index is 0.428. The minimum atomic E-state index is -4.79. The van der Waals surface area contributed by atoms with Gasteiger partial charge < -0.3 is 10.4 Å². The highest BCUT2D eigenvalue weighted by Crippen LogP contribution is 2.21. The van der Waals surface area contributed by atoms with Crippen LogP contribution in [0.1, 0.15) is 0 Å². The lowest BCUT2D eigenvalue weighted by Crippen LogP contribution is -2.35. The van der Waals surface area contributed by atoms with Gasteiger partial charge in [-0.05, 0) is 18.2 Å². The normalized spacial score (nSPS) is 13.6. The second kappa shape index (κ2) is 4.65. The summed E-state index contributed by atoms with van der Waals surface area (Å²) in [5.41, 5.74) is -0.428. The number of alkyl halides is 3. The molecule has 16 heavy (non-hydrogen) atoms. The molecule has 1 aromatic carbocycles. The van der Waals surface area contributed by atoms with Gasteiger partial charge in [-0.2, -0.15) is 13.2 Å². The molecule has 90 valence electrons. The number of aliphatic hydroxyl groups is 1. The number of aliphatic hydroxyl groups excluding tert-OH is 1. The van der Waals surface area contributed by atoms with Crippen molar-refractivity contribution >= 4 is 5.69 Å². The molecule has 0 spiro atoms. The first kappa shape index (κ1) is 12.7. The summed E-state index contributed by atoms with van der Waals surface area (Å²) in [6, 6.07) is 2.32. The van der Waals surface area contributed by atoms with Crippen molar-refractivity contribution in [1.82, 2.24) is 0 Å². The van der Waals surface area contributed by atoms with Crippen LogP contribution in [0.25, 0.3) is 0 Å². The molecule has 1 rings (SSSR count). The standard InChI is InChI=1S/C9H8F5NO/c10-5-1-2-6(11)7(3-5)15-4-8(16)9(12,13)14/h1-3,8,15-16H,4H2. The fraction of sp³-hybridized carbons (Fsp3) is 0.333. The van der Waals surface area contributed by atoms with Crippen LogP contribution in [0.15, 0.2) is 18.2 Å². The lowest BCUT2D eigenvalue weighted by molar-refractivity contribution is -0.198. The molecule has 7 heteroatoms. The van der Waals surface area contributed by atoms with E-state index in [0.717, 1.165) is 12.1 Å². The van der Waals surface area contributed by atoms with Crippen LogP contribution in [0.2, 0.25) is 0 Å². The Morgan fingerprint density at radius 3 is 2.44 bits per heavy atom. The van der Waals surface area contributed by atoms with Crippen LogP contribution < -0.4 is 5.32 Å². The lowest BCUT2D eigenvalue weighted by atomic mass is 10.2. The minimum Gasteiger partial charge on any atom is -0.382 e. The number of benzene rings is 1. The maximum atomic E-state index is 12.9. The topological polar surface area (TPSA) is 32.3 Å². The third-order valence-corrected chi connectivity index (χ3v) is 1.79. The van der Waals surface area contributed by atoms with E-state index in [1.807, 2.05) is 5.32 Å². The van der Waals surface area contributed by atoms with Crippen molar-refractivity contribution < 1.29 is 27.1 Å². The zero-order chi connectivity index (χ0) is 12.3. The first-order valence-corrected chi connectivity index (χ1v) is 4.24. The van der Waals surface area contributed by atoms with E-state index < -0.39 is 36.1 Å². The second-order valence-corrected chi connectivity index (χ2v) is 3.06. The molecule has 0 aliphatic rings. The van der Waals surface area contributed by atoms with Gasteiger partial charge in [-0.25, -0.2) is 8.78 Å². The Kier molecular flexibility index (Phi) is 3.69. The average Bonchev–Trinajstić information content (AvgIpc) is 2.17. The van der Waals surface area contributed by atoms with Gasteiger partial charge in [0.2, 0.25) is 0 Å². The first-order valence-electron chi connectivity index (χ1n) is 4.24. The van der Waals surface area contributed by atoms with Crippen molar-refractivity contribution in [3.63, 3.8) is 0 Å². The summed E-state index contributed by atoms with van der Waals surface area (Å²) >= 11 is 0. The van der Waals surface area contributed by atoms with E-state index in [-0.39, 0.29) is 0 Å². The Morgan fingerprint density at radius 2 is 1.88 bits per heavy atom. The molecule has 0 amide bonds. The first-order chi connectivity index (χ1) is 7.30. The highest BCUT2D eigenvalue weighted by molar-refractivity contribution is 5.44. The van der Waals surface area contributed by atoms with E-state index in [1.165, 1.54) is 0 Å². The molecule has 2 N–H and O–H groups in total. The Hall–Kier alpha value is -1.37. The number of rotatable bonds is 3. The van der Waals surface area contributed by atoms with Gasteiger partial charge in [0.15, 0.2) is 6.10 Å². The van der Waals surface area contributed by atoms with E-state index >= 15 is 0 Å². The summed E-state index contributed by atoms with van der Waals surface area (Å²) in [7, 11) is 0. The average molecular weight is 241 g/mol. The maximum Gasteiger partial charge on any atom is 0.416 e. The number of anilines is 1. The van der Waals surface area contributed by atoms with Crippen molar-refractivity contribution in [3.8, 4) is 0 Å². The van der Waals surface area contributed by atoms with Gasteiger partial charge >= 0.3 is 6.18 Å². The monoisotopic (exact) mass is 241 g/mol. The molecular formula is C9H8F5NO. The van der Waals surface area contributed by atoms with Gasteiger partial charge in [0, 0.05) is 6.54 Å². The van der Waals surface area contributed by atoms with Gasteiger partial charge in [-0.15, -0.1) is 0 Å². The van der Waals surface area contributed by atoms with Crippen LogP contribution in [0.3, 0.4) is 0 Å². The number of hydrogen-bond donors (Lipinski definition) is 2. The van der Waals surface area contributed by atoms with Crippen molar-refractivity contribution in [2.75, 3.05) is 11.9 Å². The third kappa shape index (κ3) is 3.34. The Bertz CT molecular complexity index is 365. The Balaban J connectivity index is 2.64. The van der Waals surface area contributed by atoms with Gasteiger partial charge in [-0.1, -0.05) is 0 Å². The Labute approximate surface area is 87.7 Å². The van der Waals surface area contributed by atoms with E-state index in [0.29, 0.717) is 6.07 Å². The molecule has 0 aliphatic carbocycles. The molecular weight excluding hydrogens is 233 g/mol. The lowest BCUT2D eigenvalue weighted by Gasteiger charge is -2.16. The summed E-state index contributed by atoms with van der Waals surface area (Å²) in [5, 5.41) is 10.6. The zero-order valence-corrected chi connectivity index (χ0v) is 7.85. The number of hydrogen-bond acceptors (Lipinski definition) is 2. The quantitative estimate of drug-likeness (QED) is 0.796. The summed E-state index contributed by atoms with van der Waals surface area (Å²) in [6.07, 6.45) is -7.42. The van der Waals surface area contributed by atoms with Crippen LogP contribution >= 0.6 is 0 Å². The Morgan fingerprint density at radius 1 is 1.25 bits per heavy atom. The van der Waals surface area contributed by atoms with Crippen LogP contribution in [-0.2, 0) is 0 Å². The zero-order valence-electron chi connectivity index (χ0n) is 7.85. The molecule has 0 heterocycles. The molecule has 2 nitrogen and oxygen atoms in total. The van der Waals surface area contributed by atoms with Gasteiger partial charge in [0.05, 0.1) is 5.69 Å². The molecule has 0 aliphatic heterocycles. The third-order valence-electron chi connectivity index (χ3n) is 1.79. The maximum absolute atomic E-state index is 12.9. The van der Waals surface area contributed by atoms with Crippen LogP contribution in [0, 0.1) is 11.6 Å². The molecule has 0 aromatic heterocycles. The van der Waals surface area contributed by atoms with Crippen LogP contribution in [0.5, 0.6) is 0 Å². The molecule has 1 atom stereocenters. The van der Waals surface area contributed by atoms with Crippen molar-refractivity contribution in [3.05, 3.63) is 29.8 Å². The summed E-state index contributed by atoms with van der Waals surface area (Å²) in [5.74, 6) is -1.68. The number of nitrogens with one attached hydrogen (secondary N) is 1. The predicted octanol–water partition coefficient (Wildman–Crippen LogP) is 2.30. The van der Waals surface area contributed by atoms with Crippen molar-refractivity contribution in [2.45, 2.75) is 12.3 Å². The molecule has 0 bridgehead atoms. The molecule has 1 unspecified atom stereocenters. The molecule has 0 saturated heterocycles. The van der Waals surface area contributed by atoms with E-state index in [1.54, 1.807) is 0 Å². The van der Waals surface area contributed by atoms with Crippen LogP contribution in [0.4, 0.5) is 27.6 Å². The van der Waals surface area contributed by atoms with Crippen molar-refractivity contribution in [1.29, 1.82) is 0 Å². The molecule has 0 saturated carbocycles. The molecule has 1 aromatic rings. The van der Waals surface area contributed by atoms with E-state index in [4.69, 9.17) is 5.11 Å². The van der Waals surface area contributed by atoms with E-state index in [2.05, 4.69) is 0 Å². The van der Waals surface area contributed by atoms with E-state index in [9.17, 15) is 22.0 Å². The number of halogens is 5. The molecule has 0 fully saturated rings. The largest absolute Gasteiger partial charge is 0.416 e. The fourth-order valence-corrected chi connectivity index (χ4v) is 0.955. The summed E-state index contributed by atoms with van der Waals surface area (Å²) in [6.45, 7) is -0.941. The highest BCUT2D eigenvalue weighted by atomic mass is 19.4. The second-order valence-electron chi connectivity index (χ2n) is 3.06. The molecule has 0 radical (unpaired) electrons. The smallest absolute Gasteiger partial charge is 0.382 e. The summed E-state index contributed by atoms with van der Waals surface area (Å²) in [4.78, 5) is 0. The van der Waals surface area contributed by atoms with Gasteiger partial charge in [0.1, 0.15) is 11.6 Å². The highest BCUT2D eigenvalue weighted by Gasteiger charge is 2.37. The van der Waals surface area contributed by atoms with Crippen LogP contribution in [-0.4, -0.2) is 23.9 Å². The van der Waals surface area contributed by atoms with Gasteiger partial charge in [0.25, 0.3) is 0 Å². The van der Waals surface area contributed by atoms with Crippen molar-refractivity contribution in [2.24, 2.45) is 0 Å².